The maximum absolute atomic E-state index is 11.3. The number of benzene rings is 1. The Morgan fingerprint density at radius 2 is 1.94 bits per heavy atom. The first-order chi connectivity index (χ1) is 7.74. The van der Waals surface area contributed by atoms with Crippen molar-refractivity contribution in [3.8, 4) is 0 Å². The van der Waals surface area contributed by atoms with Crippen LogP contribution in [0, 0.1) is 0 Å². The summed E-state index contributed by atoms with van der Waals surface area (Å²) in [6.45, 7) is 6.19. The van der Waals surface area contributed by atoms with Crippen LogP contribution in [0.1, 0.15) is 18.9 Å². The normalized spacial score (nSPS) is 9.56. The fraction of sp³-hybridized carbons (Fsp3) is 0.308. The van der Waals surface area contributed by atoms with Crippen LogP contribution in [0.25, 0.3) is 0 Å². The summed E-state index contributed by atoms with van der Waals surface area (Å²) in [4.78, 5) is 11.3. The summed E-state index contributed by atoms with van der Waals surface area (Å²) >= 11 is 0. The van der Waals surface area contributed by atoms with Crippen LogP contribution in [0.2, 0.25) is 0 Å². The molecular formula is C13H16O3. The Morgan fingerprint density at radius 1 is 1.25 bits per heavy atom. The van der Waals surface area contributed by atoms with Crippen molar-refractivity contribution >= 4 is 5.97 Å². The Hall–Kier alpha value is -1.77. The molecule has 0 saturated heterocycles. The summed E-state index contributed by atoms with van der Waals surface area (Å²) in [7, 11) is 0. The van der Waals surface area contributed by atoms with Gasteiger partial charge in [0.1, 0.15) is 6.61 Å². The molecule has 1 rings (SSSR count). The number of carbonyl (C=O) groups is 1. The van der Waals surface area contributed by atoms with Gasteiger partial charge in [0, 0.05) is 0 Å². The van der Waals surface area contributed by atoms with Crippen LogP contribution in [0.4, 0.5) is 0 Å². The van der Waals surface area contributed by atoms with Crippen LogP contribution in [0.3, 0.4) is 0 Å². The van der Waals surface area contributed by atoms with Gasteiger partial charge in [-0.25, -0.2) is 4.79 Å². The number of esters is 1. The van der Waals surface area contributed by atoms with Gasteiger partial charge in [-0.15, -0.1) is 0 Å². The summed E-state index contributed by atoms with van der Waals surface area (Å²) in [6.07, 6.45) is 0.789. The summed E-state index contributed by atoms with van der Waals surface area (Å²) < 4.78 is 10.1. The maximum Gasteiger partial charge on any atom is 0.372 e. The molecule has 0 amide bonds. The molecule has 0 aromatic heterocycles. The topological polar surface area (TPSA) is 35.5 Å². The zero-order chi connectivity index (χ0) is 11.8. The molecule has 1 aromatic carbocycles. The van der Waals surface area contributed by atoms with Crippen LogP contribution >= 0.6 is 0 Å². The Balaban J connectivity index is 2.32. The fourth-order valence-corrected chi connectivity index (χ4v) is 1.08. The van der Waals surface area contributed by atoms with Crippen molar-refractivity contribution in [2.45, 2.75) is 20.0 Å². The minimum Gasteiger partial charge on any atom is -0.482 e. The van der Waals surface area contributed by atoms with Crippen LogP contribution in [0.5, 0.6) is 0 Å². The monoisotopic (exact) mass is 220 g/mol. The van der Waals surface area contributed by atoms with Crippen molar-refractivity contribution < 1.29 is 14.3 Å². The van der Waals surface area contributed by atoms with Crippen LogP contribution in [-0.4, -0.2) is 12.6 Å². The smallest absolute Gasteiger partial charge is 0.372 e. The lowest BCUT2D eigenvalue weighted by Crippen LogP contribution is -2.10. The first-order valence-electron chi connectivity index (χ1n) is 5.26. The van der Waals surface area contributed by atoms with Crippen molar-refractivity contribution in [2.24, 2.45) is 0 Å². The average molecular weight is 220 g/mol. The molecule has 0 bridgehead atoms. The molecule has 3 nitrogen and oxygen atoms in total. The number of ether oxygens (including phenoxy) is 2. The van der Waals surface area contributed by atoms with Crippen LogP contribution < -0.4 is 0 Å². The lowest BCUT2D eigenvalue weighted by Gasteiger charge is -2.08. The van der Waals surface area contributed by atoms with Crippen LogP contribution in [0.15, 0.2) is 42.7 Å². The minimum absolute atomic E-state index is 0.0531. The second-order valence-electron chi connectivity index (χ2n) is 3.33. The third-order valence-corrected chi connectivity index (χ3v) is 1.92. The van der Waals surface area contributed by atoms with Crippen molar-refractivity contribution in [3.05, 3.63) is 48.2 Å². The van der Waals surface area contributed by atoms with E-state index in [9.17, 15) is 4.79 Å². The number of carbonyl (C=O) groups excluding carboxylic acids is 1. The van der Waals surface area contributed by atoms with Gasteiger partial charge in [-0.2, -0.15) is 0 Å². The van der Waals surface area contributed by atoms with Gasteiger partial charge in [0.15, 0.2) is 5.76 Å². The largest absolute Gasteiger partial charge is 0.482 e. The Bertz CT molecular complexity index is 343. The predicted octanol–water partition coefficient (Wildman–Crippen LogP) is 2.67. The van der Waals surface area contributed by atoms with E-state index in [-0.39, 0.29) is 5.76 Å². The number of hydrogen-bond donors (Lipinski definition) is 0. The molecule has 0 saturated carbocycles. The highest BCUT2D eigenvalue weighted by atomic mass is 16.6. The highest BCUT2D eigenvalue weighted by Gasteiger charge is 2.09. The molecule has 3 heteroatoms. The van der Waals surface area contributed by atoms with E-state index in [4.69, 9.17) is 9.47 Å². The second-order valence-corrected chi connectivity index (χ2v) is 3.33. The van der Waals surface area contributed by atoms with E-state index in [0.717, 1.165) is 12.0 Å². The van der Waals surface area contributed by atoms with Gasteiger partial charge in [0.25, 0.3) is 0 Å². The molecule has 0 aliphatic carbocycles. The maximum atomic E-state index is 11.3. The van der Waals surface area contributed by atoms with E-state index in [0.29, 0.717) is 13.2 Å². The van der Waals surface area contributed by atoms with E-state index < -0.39 is 5.97 Å². The van der Waals surface area contributed by atoms with Crippen molar-refractivity contribution in [1.29, 1.82) is 0 Å². The Kier molecular flexibility index (Phi) is 5.12. The average Bonchev–Trinajstić information content (AvgIpc) is 2.34. The van der Waals surface area contributed by atoms with Crippen molar-refractivity contribution in [2.75, 3.05) is 6.61 Å². The Morgan fingerprint density at radius 3 is 2.56 bits per heavy atom. The molecule has 86 valence electrons. The quantitative estimate of drug-likeness (QED) is 0.420. The molecule has 0 radical (unpaired) electrons. The molecule has 0 atom stereocenters. The van der Waals surface area contributed by atoms with Gasteiger partial charge >= 0.3 is 5.97 Å². The zero-order valence-electron chi connectivity index (χ0n) is 9.44. The van der Waals surface area contributed by atoms with E-state index >= 15 is 0 Å². The lowest BCUT2D eigenvalue weighted by atomic mass is 10.2. The van der Waals surface area contributed by atoms with Gasteiger partial charge < -0.3 is 9.47 Å². The highest BCUT2D eigenvalue weighted by molar-refractivity contribution is 5.85. The number of rotatable bonds is 6. The molecule has 0 heterocycles. The summed E-state index contributed by atoms with van der Waals surface area (Å²) in [5.74, 6) is -0.435. The van der Waals surface area contributed by atoms with E-state index in [1.807, 2.05) is 37.3 Å². The number of hydrogen-bond acceptors (Lipinski definition) is 3. The molecule has 0 fully saturated rings. The lowest BCUT2D eigenvalue weighted by molar-refractivity contribution is -0.143. The van der Waals surface area contributed by atoms with E-state index in [1.165, 1.54) is 0 Å². The summed E-state index contributed by atoms with van der Waals surface area (Å²) in [5.41, 5.74) is 0.993. The Labute approximate surface area is 95.7 Å². The summed E-state index contributed by atoms with van der Waals surface area (Å²) in [5, 5.41) is 0. The first-order valence-corrected chi connectivity index (χ1v) is 5.26. The van der Waals surface area contributed by atoms with Gasteiger partial charge in [-0.1, -0.05) is 37.3 Å². The third kappa shape index (κ3) is 4.17. The molecular weight excluding hydrogens is 204 g/mol. The molecule has 0 aliphatic heterocycles. The predicted molar refractivity (Wildman–Crippen MR) is 61.6 cm³/mol. The van der Waals surface area contributed by atoms with Gasteiger partial charge in [0.05, 0.1) is 6.61 Å². The molecule has 0 unspecified atom stereocenters. The minimum atomic E-state index is -0.488. The van der Waals surface area contributed by atoms with E-state index in [1.54, 1.807) is 0 Å². The van der Waals surface area contributed by atoms with Crippen molar-refractivity contribution in [3.63, 3.8) is 0 Å². The van der Waals surface area contributed by atoms with E-state index in [2.05, 4.69) is 6.58 Å². The second kappa shape index (κ2) is 6.67. The highest BCUT2D eigenvalue weighted by Crippen LogP contribution is 2.05. The SMILES string of the molecule is C=C(OCc1ccccc1)C(=O)OCCC. The summed E-state index contributed by atoms with van der Waals surface area (Å²) in [6, 6.07) is 9.59. The van der Waals surface area contributed by atoms with Crippen molar-refractivity contribution in [1.82, 2.24) is 0 Å². The van der Waals surface area contributed by atoms with Gasteiger partial charge in [-0.05, 0) is 18.6 Å². The molecule has 0 aliphatic rings. The fourth-order valence-electron chi connectivity index (χ4n) is 1.08. The van der Waals surface area contributed by atoms with Crippen LogP contribution in [-0.2, 0) is 20.9 Å². The van der Waals surface area contributed by atoms with Gasteiger partial charge in [0.2, 0.25) is 0 Å². The standard InChI is InChI=1S/C13H16O3/c1-3-9-15-13(14)11(2)16-10-12-7-5-4-6-8-12/h4-8H,2-3,9-10H2,1H3. The zero-order valence-corrected chi connectivity index (χ0v) is 9.44. The molecule has 16 heavy (non-hydrogen) atoms. The first kappa shape index (κ1) is 12.3. The molecule has 0 spiro atoms. The third-order valence-electron chi connectivity index (χ3n) is 1.92. The molecule has 1 aromatic rings. The molecule has 0 N–H and O–H groups in total. The van der Waals surface area contributed by atoms with Gasteiger partial charge in [-0.3, -0.25) is 0 Å².